The summed E-state index contributed by atoms with van der Waals surface area (Å²) in [5.41, 5.74) is 3.29. The Balaban J connectivity index is 1.68. The Labute approximate surface area is 161 Å². The molecule has 1 atom stereocenters. The lowest BCUT2D eigenvalue weighted by molar-refractivity contribution is 0.509. The summed E-state index contributed by atoms with van der Waals surface area (Å²) in [5.74, 6) is -2.87. The van der Waals surface area contributed by atoms with E-state index in [1.807, 2.05) is 19.1 Å². The Morgan fingerprint density at radius 3 is 2.39 bits per heavy atom. The van der Waals surface area contributed by atoms with Crippen molar-refractivity contribution in [2.75, 3.05) is 0 Å². The molecule has 1 unspecified atom stereocenters. The van der Waals surface area contributed by atoms with E-state index in [1.54, 1.807) is 12.1 Å². The van der Waals surface area contributed by atoms with Crippen LogP contribution in [0.1, 0.15) is 41.5 Å². The van der Waals surface area contributed by atoms with Crippen molar-refractivity contribution in [3.63, 3.8) is 0 Å². The predicted molar refractivity (Wildman–Crippen MR) is 102 cm³/mol. The van der Waals surface area contributed by atoms with Gasteiger partial charge in [-0.05, 0) is 78.1 Å². The minimum Gasteiger partial charge on any atom is -0.207 e. The predicted octanol–water partition coefficient (Wildman–Crippen LogP) is 6.74. The summed E-state index contributed by atoms with van der Waals surface area (Å²) in [7, 11) is 0. The van der Waals surface area contributed by atoms with Crippen LogP contribution in [0.4, 0.5) is 17.6 Å². The molecule has 0 saturated carbocycles. The zero-order valence-electron chi connectivity index (χ0n) is 15.5. The van der Waals surface area contributed by atoms with Gasteiger partial charge in [0.05, 0.1) is 0 Å². The van der Waals surface area contributed by atoms with Crippen molar-refractivity contribution >= 4 is 0 Å². The summed E-state index contributed by atoms with van der Waals surface area (Å²) in [6.07, 6.45) is 2.67. The van der Waals surface area contributed by atoms with Gasteiger partial charge < -0.3 is 0 Å². The monoisotopic (exact) mass is 384 g/mol. The van der Waals surface area contributed by atoms with Crippen LogP contribution in [0.3, 0.4) is 0 Å². The molecule has 0 spiro atoms. The van der Waals surface area contributed by atoms with Gasteiger partial charge in [-0.15, -0.1) is 0 Å². The highest BCUT2D eigenvalue weighted by Crippen LogP contribution is 2.37. The first-order valence-electron chi connectivity index (χ1n) is 9.52. The summed E-state index contributed by atoms with van der Waals surface area (Å²) in [5, 5.41) is 0. The van der Waals surface area contributed by atoms with Crippen molar-refractivity contribution in [2.24, 2.45) is 0 Å². The quantitative estimate of drug-likeness (QED) is 0.439. The molecule has 1 aliphatic carbocycles. The van der Waals surface area contributed by atoms with Crippen LogP contribution in [-0.2, 0) is 19.3 Å². The topological polar surface area (TPSA) is 0 Å². The summed E-state index contributed by atoms with van der Waals surface area (Å²) < 4.78 is 56.9. The van der Waals surface area contributed by atoms with Gasteiger partial charge in [0, 0.05) is 11.1 Å². The zero-order valence-corrected chi connectivity index (χ0v) is 15.5. The SMILES string of the molecule is CCc1ccc(C2CCc3cc(-c4cccc(F)c4F)c(F)cc3C2)c(F)c1. The largest absolute Gasteiger partial charge is 0.207 e. The van der Waals surface area contributed by atoms with E-state index in [0.29, 0.717) is 18.4 Å². The first-order valence-corrected chi connectivity index (χ1v) is 9.52. The van der Waals surface area contributed by atoms with Crippen LogP contribution in [0.15, 0.2) is 48.5 Å². The normalized spacial score (nSPS) is 16.1. The first kappa shape index (κ1) is 18.7. The van der Waals surface area contributed by atoms with Crippen LogP contribution < -0.4 is 0 Å². The lowest BCUT2D eigenvalue weighted by Gasteiger charge is -2.26. The fraction of sp³-hybridized carbons (Fsp3) is 0.250. The third-order valence-electron chi connectivity index (χ3n) is 5.67. The Kier molecular flexibility index (Phi) is 4.96. The molecular weight excluding hydrogens is 364 g/mol. The molecule has 1 aliphatic rings. The summed E-state index contributed by atoms with van der Waals surface area (Å²) in [6.45, 7) is 1.98. The van der Waals surface area contributed by atoms with Crippen molar-refractivity contribution in [3.8, 4) is 11.1 Å². The third-order valence-corrected chi connectivity index (χ3v) is 5.67. The van der Waals surface area contributed by atoms with Crippen molar-refractivity contribution < 1.29 is 17.6 Å². The Hall–Kier alpha value is -2.62. The smallest absolute Gasteiger partial charge is 0.166 e. The van der Waals surface area contributed by atoms with E-state index in [0.717, 1.165) is 35.6 Å². The summed E-state index contributed by atoms with van der Waals surface area (Å²) in [4.78, 5) is 0. The van der Waals surface area contributed by atoms with Gasteiger partial charge in [0.15, 0.2) is 11.6 Å². The van der Waals surface area contributed by atoms with Gasteiger partial charge in [-0.25, -0.2) is 17.6 Å². The maximum atomic E-state index is 14.7. The number of fused-ring (bicyclic) bond motifs is 1. The van der Waals surface area contributed by atoms with E-state index in [1.165, 1.54) is 18.2 Å². The molecular formula is C24H20F4. The van der Waals surface area contributed by atoms with Crippen molar-refractivity contribution in [1.29, 1.82) is 0 Å². The number of hydrogen-bond acceptors (Lipinski definition) is 0. The van der Waals surface area contributed by atoms with Gasteiger partial charge in [0.2, 0.25) is 0 Å². The lowest BCUT2D eigenvalue weighted by Crippen LogP contribution is -2.15. The molecule has 4 rings (SSSR count). The van der Waals surface area contributed by atoms with E-state index >= 15 is 0 Å². The minimum absolute atomic E-state index is 0.0189. The minimum atomic E-state index is -1.05. The molecule has 0 N–H and O–H groups in total. The van der Waals surface area contributed by atoms with Gasteiger partial charge >= 0.3 is 0 Å². The van der Waals surface area contributed by atoms with Crippen LogP contribution >= 0.6 is 0 Å². The molecule has 0 aliphatic heterocycles. The van der Waals surface area contributed by atoms with E-state index in [4.69, 9.17) is 0 Å². The summed E-state index contributed by atoms with van der Waals surface area (Å²) in [6, 6.07) is 12.1. The maximum absolute atomic E-state index is 14.7. The number of hydrogen-bond donors (Lipinski definition) is 0. The molecule has 0 fully saturated rings. The van der Waals surface area contributed by atoms with Crippen LogP contribution in [-0.4, -0.2) is 0 Å². The fourth-order valence-corrected chi connectivity index (χ4v) is 4.08. The second-order valence-corrected chi connectivity index (χ2v) is 7.35. The van der Waals surface area contributed by atoms with Crippen molar-refractivity contribution in [1.82, 2.24) is 0 Å². The van der Waals surface area contributed by atoms with E-state index in [-0.39, 0.29) is 22.9 Å². The van der Waals surface area contributed by atoms with Crippen LogP contribution in [0.5, 0.6) is 0 Å². The summed E-state index contributed by atoms with van der Waals surface area (Å²) >= 11 is 0. The molecule has 0 radical (unpaired) electrons. The third kappa shape index (κ3) is 3.32. The Morgan fingerprint density at radius 1 is 0.821 bits per heavy atom. The molecule has 0 aromatic heterocycles. The first-order chi connectivity index (χ1) is 13.5. The van der Waals surface area contributed by atoms with E-state index in [2.05, 4.69) is 0 Å². The molecule has 0 nitrogen and oxygen atoms in total. The number of halogens is 4. The van der Waals surface area contributed by atoms with Gasteiger partial charge in [0.25, 0.3) is 0 Å². The van der Waals surface area contributed by atoms with Crippen LogP contribution in [0.25, 0.3) is 11.1 Å². The highest BCUT2D eigenvalue weighted by Gasteiger charge is 2.25. The second-order valence-electron chi connectivity index (χ2n) is 7.35. The van der Waals surface area contributed by atoms with Gasteiger partial charge in [-0.1, -0.05) is 31.2 Å². The standard InChI is InChI=1S/C24H20F4/c1-2-14-6-9-18(22(26)10-14)16-8-7-15-12-20(23(27)13-17(15)11-16)19-4-3-5-21(25)24(19)28/h3-6,9-10,12-13,16H,2,7-8,11H2,1H3. The number of rotatable bonds is 3. The van der Waals surface area contributed by atoms with Crippen LogP contribution in [0.2, 0.25) is 0 Å². The molecule has 3 aromatic rings. The maximum Gasteiger partial charge on any atom is 0.166 e. The highest BCUT2D eigenvalue weighted by atomic mass is 19.2. The molecule has 0 bridgehead atoms. The fourth-order valence-electron chi connectivity index (χ4n) is 4.08. The Morgan fingerprint density at radius 2 is 1.64 bits per heavy atom. The molecule has 144 valence electrons. The van der Waals surface area contributed by atoms with E-state index in [9.17, 15) is 17.6 Å². The van der Waals surface area contributed by atoms with Crippen molar-refractivity contribution in [3.05, 3.63) is 94.1 Å². The average molecular weight is 384 g/mol. The molecule has 4 heteroatoms. The van der Waals surface area contributed by atoms with Gasteiger partial charge in [-0.2, -0.15) is 0 Å². The number of benzene rings is 3. The zero-order chi connectivity index (χ0) is 19.8. The van der Waals surface area contributed by atoms with Crippen LogP contribution in [0, 0.1) is 23.3 Å². The molecule has 3 aromatic carbocycles. The Bertz CT molecular complexity index is 1040. The van der Waals surface area contributed by atoms with Gasteiger partial charge in [-0.3, -0.25) is 0 Å². The van der Waals surface area contributed by atoms with Crippen molar-refractivity contribution in [2.45, 2.75) is 38.5 Å². The molecule has 0 amide bonds. The van der Waals surface area contributed by atoms with Gasteiger partial charge in [0.1, 0.15) is 11.6 Å². The molecule has 0 saturated heterocycles. The lowest BCUT2D eigenvalue weighted by atomic mass is 9.79. The molecule has 28 heavy (non-hydrogen) atoms. The average Bonchev–Trinajstić information content (AvgIpc) is 2.69. The second kappa shape index (κ2) is 7.42. The molecule has 0 heterocycles. The highest BCUT2D eigenvalue weighted by molar-refractivity contribution is 5.67. The van der Waals surface area contributed by atoms with E-state index < -0.39 is 17.5 Å². The number of aryl methyl sites for hydroxylation is 2.